The average molecular weight is 248 g/mol. The molecule has 2 heteroatoms. The second kappa shape index (κ2) is 4.73. The molecule has 0 saturated carbocycles. The van der Waals surface area contributed by atoms with Crippen LogP contribution in [0.15, 0.2) is 60.7 Å². The van der Waals surface area contributed by atoms with Crippen LogP contribution in [0.1, 0.15) is 12.5 Å². The van der Waals surface area contributed by atoms with Gasteiger partial charge in [0, 0.05) is 5.69 Å². The first-order valence-corrected chi connectivity index (χ1v) is 6.35. The zero-order valence-electron chi connectivity index (χ0n) is 10.7. The number of rotatable bonds is 2. The monoisotopic (exact) mass is 248 g/mol. The highest BCUT2D eigenvalue weighted by molar-refractivity contribution is 6.28. The van der Waals surface area contributed by atoms with Crippen LogP contribution in [0.2, 0.25) is 0 Å². The highest BCUT2D eigenvalue weighted by atomic mass is 16.2. The number of hydrogen-bond donors (Lipinski definition) is 0. The first kappa shape index (κ1) is 11.7. The molecule has 2 aromatic carbocycles. The largest absolute Gasteiger partial charge is 0.301 e. The summed E-state index contributed by atoms with van der Waals surface area (Å²) in [5.74, 6) is 0.0184. The number of carbonyl (C=O) groups is 1. The Hall–Kier alpha value is -2.35. The molecule has 1 heterocycles. The van der Waals surface area contributed by atoms with Crippen LogP contribution in [-0.4, -0.2) is 11.9 Å². The Morgan fingerprint density at radius 3 is 2.16 bits per heavy atom. The fourth-order valence-electron chi connectivity index (χ4n) is 2.37. The number of para-hydroxylation sites is 1. The van der Waals surface area contributed by atoms with Crippen molar-refractivity contribution in [3.8, 4) is 0 Å². The first-order valence-electron chi connectivity index (χ1n) is 6.35. The van der Waals surface area contributed by atoms with Gasteiger partial charge in [-0.2, -0.15) is 0 Å². The minimum absolute atomic E-state index is 0.0184. The molecule has 1 atom stereocenters. The van der Waals surface area contributed by atoms with E-state index < -0.39 is 0 Å². The Morgan fingerprint density at radius 2 is 1.53 bits per heavy atom. The summed E-state index contributed by atoms with van der Waals surface area (Å²) in [4.78, 5) is 14.3. The molecule has 1 aliphatic heterocycles. The quantitative estimate of drug-likeness (QED) is 0.798. The van der Waals surface area contributed by atoms with Crippen molar-refractivity contribution in [1.82, 2.24) is 0 Å². The van der Waals surface area contributed by atoms with Crippen molar-refractivity contribution in [2.45, 2.75) is 13.0 Å². The molecule has 19 heavy (non-hydrogen) atoms. The van der Waals surface area contributed by atoms with Gasteiger partial charge in [0.15, 0.2) is 0 Å². The summed E-state index contributed by atoms with van der Waals surface area (Å²) in [6.45, 7) is 1.99. The van der Waals surface area contributed by atoms with Crippen LogP contribution >= 0.6 is 0 Å². The summed E-state index contributed by atoms with van der Waals surface area (Å²) in [6.07, 6.45) is 3.26. The molecule has 1 unspecified atom stereocenters. The zero-order valence-corrected chi connectivity index (χ0v) is 10.7. The van der Waals surface area contributed by atoms with Crippen molar-refractivity contribution in [3.63, 3.8) is 0 Å². The molecule has 1 aliphatic rings. The maximum atomic E-state index is 12.5. The van der Waals surface area contributed by atoms with E-state index in [0.29, 0.717) is 5.57 Å². The maximum Gasteiger partial charge on any atom is 0.259 e. The maximum absolute atomic E-state index is 12.5. The molecule has 2 aromatic rings. The molecule has 0 fully saturated rings. The molecule has 0 aromatic heterocycles. The number of amides is 1. The molecule has 93 valence electrons. The Balaban J connectivity index is 1.96. The molecule has 3 rings (SSSR count). The Labute approximate surface area is 113 Å². The van der Waals surface area contributed by atoms with Crippen molar-refractivity contribution in [1.29, 1.82) is 0 Å². The third-order valence-electron chi connectivity index (χ3n) is 3.27. The lowest BCUT2D eigenvalue weighted by atomic mass is 10.1. The smallest absolute Gasteiger partial charge is 0.259 e. The van der Waals surface area contributed by atoms with Crippen molar-refractivity contribution in [3.05, 3.63) is 72.3 Å². The second-order valence-corrected chi connectivity index (χ2v) is 4.57. The lowest BCUT2D eigenvalue weighted by molar-refractivity contribution is -0.113. The normalized spacial score (nSPS) is 18.6. The molecule has 0 aliphatic carbocycles. The van der Waals surface area contributed by atoms with Gasteiger partial charge in [-0.25, -0.2) is 0 Å². The Morgan fingerprint density at radius 1 is 0.947 bits per heavy atom. The van der Waals surface area contributed by atoms with Gasteiger partial charge in [0.25, 0.3) is 5.91 Å². The van der Waals surface area contributed by atoms with Crippen molar-refractivity contribution in [2.75, 3.05) is 4.90 Å². The molecule has 2 nitrogen and oxygen atoms in total. The number of anilines is 1. The summed E-state index contributed by atoms with van der Waals surface area (Å²) in [5.41, 5.74) is 2.51. The minimum atomic E-state index is -0.0369. The predicted octanol–water partition coefficient (Wildman–Crippen LogP) is 3.31. The highest BCUT2D eigenvalue weighted by Crippen LogP contribution is 2.30. The van der Waals surface area contributed by atoms with E-state index in [2.05, 4.69) is 6.08 Å². The summed E-state index contributed by atoms with van der Waals surface area (Å²) < 4.78 is 0. The van der Waals surface area contributed by atoms with E-state index in [-0.39, 0.29) is 11.9 Å². The third-order valence-corrected chi connectivity index (χ3v) is 3.27. The van der Waals surface area contributed by atoms with Crippen LogP contribution < -0.4 is 4.90 Å². The van der Waals surface area contributed by atoms with E-state index >= 15 is 0 Å². The van der Waals surface area contributed by atoms with E-state index in [4.69, 9.17) is 0 Å². The SMILES string of the molecule is CC1[C]=C(c2ccccc2)C(=O)N1c1ccccc1. The van der Waals surface area contributed by atoms with Crippen LogP contribution in [0.5, 0.6) is 0 Å². The van der Waals surface area contributed by atoms with Gasteiger partial charge < -0.3 is 4.90 Å². The van der Waals surface area contributed by atoms with Crippen LogP contribution in [-0.2, 0) is 4.79 Å². The zero-order chi connectivity index (χ0) is 13.2. The lowest BCUT2D eigenvalue weighted by Gasteiger charge is -2.21. The third kappa shape index (κ3) is 2.06. The Bertz CT molecular complexity index is 616. The van der Waals surface area contributed by atoms with E-state index in [1.807, 2.05) is 67.6 Å². The standard InChI is InChI=1S/C17H14NO/c1-13-12-16(14-8-4-2-5-9-14)17(19)18(13)15-10-6-3-7-11-15/h2-11,13H,1H3. The fourth-order valence-corrected chi connectivity index (χ4v) is 2.37. The topological polar surface area (TPSA) is 20.3 Å². The molecule has 0 bridgehead atoms. The van der Waals surface area contributed by atoms with Gasteiger partial charge >= 0.3 is 0 Å². The molecule has 0 N–H and O–H groups in total. The van der Waals surface area contributed by atoms with Gasteiger partial charge in [-0.3, -0.25) is 4.79 Å². The molecule has 0 spiro atoms. The van der Waals surface area contributed by atoms with Crippen molar-refractivity contribution < 1.29 is 4.79 Å². The van der Waals surface area contributed by atoms with E-state index in [1.54, 1.807) is 4.90 Å². The number of nitrogens with zero attached hydrogens (tertiary/aromatic N) is 1. The minimum Gasteiger partial charge on any atom is -0.301 e. The molecular formula is C17H14NO. The van der Waals surface area contributed by atoms with Crippen LogP contribution in [0.3, 0.4) is 0 Å². The average Bonchev–Trinajstić information content (AvgIpc) is 2.76. The summed E-state index contributed by atoms with van der Waals surface area (Å²) in [5, 5.41) is 0. The number of hydrogen-bond acceptors (Lipinski definition) is 1. The van der Waals surface area contributed by atoms with E-state index in [9.17, 15) is 4.79 Å². The van der Waals surface area contributed by atoms with Gasteiger partial charge in [0.1, 0.15) is 0 Å². The Kier molecular flexibility index (Phi) is 2.92. The molecular weight excluding hydrogens is 234 g/mol. The molecule has 0 saturated heterocycles. The number of benzene rings is 2. The summed E-state index contributed by atoms with van der Waals surface area (Å²) in [7, 11) is 0. The van der Waals surface area contributed by atoms with Gasteiger partial charge in [-0.05, 0) is 30.7 Å². The van der Waals surface area contributed by atoms with Gasteiger partial charge in [0.05, 0.1) is 11.6 Å². The molecule has 1 radical (unpaired) electrons. The lowest BCUT2D eigenvalue weighted by Crippen LogP contribution is -2.32. The predicted molar refractivity (Wildman–Crippen MR) is 76.5 cm³/mol. The van der Waals surface area contributed by atoms with E-state index in [1.165, 1.54) is 0 Å². The van der Waals surface area contributed by atoms with Crippen LogP contribution in [0.4, 0.5) is 5.69 Å². The summed E-state index contributed by atoms with van der Waals surface area (Å²) >= 11 is 0. The molecule has 1 amide bonds. The first-order chi connectivity index (χ1) is 9.27. The van der Waals surface area contributed by atoms with Crippen LogP contribution in [0, 0.1) is 6.08 Å². The van der Waals surface area contributed by atoms with E-state index in [0.717, 1.165) is 11.3 Å². The van der Waals surface area contributed by atoms with Crippen LogP contribution in [0.25, 0.3) is 5.57 Å². The van der Waals surface area contributed by atoms with Gasteiger partial charge in [0.2, 0.25) is 0 Å². The van der Waals surface area contributed by atoms with Crippen molar-refractivity contribution >= 4 is 17.2 Å². The highest BCUT2D eigenvalue weighted by Gasteiger charge is 2.31. The fraction of sp³-hybridized carbons (Fsp3) is 0.118. The van der Waals surface area contributed by atoms with Gasteiger partial charge in [-0.1, -0.05) is 48.5 Å². The second-order valence-electron chi connectivity index (χ2n) is 4.57. The summed E-state index contributed by atoms with van der Waals surface area (Å²) in [6, 6.07) is 19.4. The van der Waals surface area contributed by atoms with Crippen molar-refractivity contribution in [2.24, 2.45) is 0 Å². The number of carbonyl (C=O) groups excluding carboxylic acids is 1. The van der Waals surface area contributed by atoms with Gasteiger partial charge in [-0.15, -0.1) is 0 Å².